The summed E-state index contributed by atoms with van der Waals surface area (Å²) in [5, 5.41) is 0. The van der Waals surface area contributed by atoms with Crippen molar-refractivity contribution < 1.29 is 27.5 Å². The molecule has 27 heavy (non-hydrogen) atoms. The number of hydrogen-bond donors (Lipinski definition) is 0. The van der Waals surface area contributed by atoms with E-state index in [9.17, 15) is 22.8 Å². The lowest BCUT2D eigenvalue weighted by Crippen LogP contribution is -2.50. The lowest BCUT2D eigenvalue weighted by Gasteiger charge is -2.35. The van der Waals surface area contributed by atoms with Gasteiger partial charge >= 0.3 is 0 Å². The minimum atomic E-state index is -1.67. The van der Waals surface area contributed by atoms with Gasteiger partial charge in [0.15, 0.2) is 17.5 Å². The number of amides is 2. The molecule has 0 spiro atoms. The second-order valence-electron chi connectivity index (χ2n) is 6.04. The number of hydrogen-bond acceptors (Lipinski definition) is 3. The van der Waals surface area contributed by atoms with Crippen LogP contribution in [0.1, 0.15) is 20.7 Å². The topological polar surface area (TPSA) is 49.9 Å². The van der Waals surface area contributed by atoms with Gasteiger partial charge in [-0.25, -0.2) is 13.2 Å². The van der Waals surface area contributed by atoms with Crippen LogP contribution in [0.25, 0.3) is 0 Å². The molecule has 2 aromatic rings. The van der Waals surface area contributed by atoms with Crippen molar-refractivity contribution in [2.45, 2.75) is 0 Å². The molecule has 1 aliphatic heterocycles. The third-order valence-electron chi connectivity index (χ3n) is 4.46. The molecule has 0 atom stereocenters. The molecule has 0 radical (unpaired) electrons. The summed E-state index contributed by atoms with van der Waals surface area (Å²) in [7, 11) is 1.53. The van der Waals surface area contributed by atoms with Gasteiger partial charge in [-0.2, -0.15) is 0 Å². The second-order valence-corrected chi connectivity index (χ2v) is 6.04. The highest BCUT2D eigenvalue weighted by Gasteiger charge is 2.28. The maximum absolute atomic E-state index is 13.8. The van der Waals surface area contributed by atoms with Crippen LogP contribution in [0.5, 0.6) is 5.75 Å². The molecule has 5 nitrogen and oxygen atoms in total. The molecule has 0 bridgehead atoms. The van der Waals surface area contributed by atoms with Crippen molar-refractivity contribution in [1.82, 2.24) is 9.80 Å². The Morgan fingerprint density at radius 2 is 1.37 bits per heavy atom. The van der Waals surface area contributed by atoms with E-state index < -0.39 is 28.9 Å². The number of carbonyl (C=O) groups excluding carboxylic acids is 2. The number of benzene rings is 2. The number of methoxy groups -OCH3 is 1. The maximum Gasteiger partial charge on any atom is 0.257 e. The van der Waals surface area contributed by atoms with Crippen LogP contribution in [0.2, 0.25) is 0 Å². The predicted molar refractivity (Wildman–Crippen MR) is 91.1 cm³/mol. The summed E-state index contributed by atoms with van der Waals surface area (Å²) >= 11 is 0. The summed E-state index contributed by atoms with van der Waals surface area (Å²) in [6, 6.07) is 8.29. The fourth-order valence-corrected chi connectivity index (χ4v) is 2.89. The van der Waals surface area contributed by atoms with Crippen molar-refractivity contribution in [2.75, 3.05) is 33.3 Å². The van der Waals surface area contributed by atoms with Gasteiger partial charge in [0.2, 0.25) is 0 Å². The molecule has 0 aliphatic carbocycles. The highest BCUT2D eigenvalue weighted by atomic mass is 19.2. The third-order valence-corrected chi connectivity index (χ3v) is 4.46. The number of halogens is 3. The summed E-state index contributed by atoms with van der Waals surface area (Å²) in [4.78, 5) is 27.8. The molecule has 2 aromatic carbocycles. The molecular formula is C19H17F3N2O3. The van der Waals surface area contributed by atoms with E-state index in [-0.39, 0.29) is 32.1 Å². The van der Waals surface area contributed by atoms with Crippen molar-refractivity contribution in [1.29, 1.82) is 0 Å². The molecule has 1 aliphatic rings. The van der Waals surface area contributed by atoms with Gasteiger partial charge in [0.25, 0.3) is 11.8 Å². The van der Waals surface area contributed by atoms with E-state index in [1.165, 1.54) is 12.0 Å². The summed E-state index contributed by atoms with van der Waals surface area (Å²) in [6.07, 6.45) is 0. The largest absolute Gasteiger partial charge is 0.497 e. The van der Waals surface area contributed by atoms with Gasteiger partial charge in [-0.1, -0.05) is 0 Å². The zero-order chi connectivity index (χ0) is 19.6. The average Bonchev–Trinajstić information content (AvgIpc) is 2.71. The first-order valence-corrected chi connectivity index (χ1v) is 8.28. The summed E-state index contributed by atoms with van der Waals surface area (Å²) in [6.45, 7) is 0.835. The molecule has 2 amide bonds. The number of rotatable bonds is 3. The zero-order valence-corrected chi connectivity index (χ0v) is 14.5. The molecule has 3 rings (SSSR count). The first-order valence-electron chi connectivity index (χ1n) is 8.28. The van der Waals surface area contributed by atoms with E-state index in [0.717, 1.165) is 12.1 Å². The van der Waals surface area contributed by atoms with Crippen molar-refractivity contribution in [3.63, 3.8) is 0 Å². The standard InChI is InChI=1S/C19H17F3N2O3/c1-27-13-4-2-12(3-5-13)18(25)23-8-10-24(11-9-23)19(26)14-6-7-15(20)17(22)16(14)21/h2-7H,8-11H2,1H3. The van der Waals surface area contributed by atoms with Crippen molar-refractivity contribution in [3.05, 3.63) is 65.0 Å². The third kappa shape index (κ3) is 3.74. The molecular weight excluding hydrogens is 361 g/mol. The predicted octanol–water partition coefficient (Wildman–Crippen LogP) is 2.71. The van der Waals surface area contributed by atoms with Gasteiger partial charge in [0, 0.05) is 31.7 Å². The van der Waals surface area contributed by atoms with Gasteiger partial charge in [0.1, 0.15) is 5.75 Å². The lowest BCUT2D eigenvalue weighted by molar-refractivity contribution is 0.0532. The van der Waals surface area contributed by atoms with Crippen molar-refractivity contribution >= 4 is 11.8 Å². The van der Waals surface area contributed by atoms with Crippen molar-refractivity contribution in [2.24, 2.45) is 0 Å². The quantitative estimate of drug-likeness (QED) is 0.772. The Bertz CT molecular complexity index is 863. The molecule has 0 aromatic heterocycles. The second kappa shape index (κ2) is 7.69. The van der Waals surface area contributed by atoms with Crippen molar-refractivity contribution in [3.8, 4) is 5.75 Å². The van der Waals surface area contributed by atoms with Crippen LogP contribution in [0.4, 0.5) is 13.2 Å². The van der Waals surface area contributed by atoms with Crippen LogP contribution in [-0.2, 0) is 0 Å². The van der Waals surface area contributed by atoms with Crippen LogP contribution in [0, 0.1) is 17.5 Å². The minimum Gasteiger partial charge on any atom is -0.497 e. The molecule has 0 saturated carbocycles. The maximum atomic E-state index is 13.8. The number of ether oxygens (including phenoxy) is 1. The normalized spacial score (nSPS) is 14.2. The lowest BCUT2D eigenvalue weighted by atomic mass is 10.1. The molecule has 0 unspecified atom stereocenters. The van der Waals surface area contributed by atoms with Gasteiger partial charge in [0.05, 0.1) is 12.7 Å². The van der Waals surface area contributed by atoms with Gasteiger partial charge < -0.3 is 14.5 Å². The fraction of sp³-hybridized carbons (Fsp3) is 0.263. The first kappa shape index (κ1) is 18.8. The summed E-state index contributed by atoms with van der Waals surface area (Å²) < 4.78 is 45.2. The average molecular weight is 378 g/mol. The van der Waals surface area contributed by atoms with Gasteiger partial charge in [-0.05, 0) is 36.4 Å². The van der Waals surface area contributed by atoms with E-state index in [1.807, 2.05) is 0 Å². The Morgan fingerprint density at radius 1 is 0.815 bits per heavy atom. The number of carbonyl (C=O) groups is 2. The molecule has 8 heteroatoms. The van der Waals surface area contributed by atoms with Crippen LogP contribution < -0.4 is 4.74 Å². The Kier molecular flexibility index (Phi) is 5.34. The fourth-order valence-electron chi connectivity index (χ4n) is 2.89. The Morgan fingerprint density at radius 3 is 1.93 bits per heavy atom. The minimum absolute atomic E-state index is 0.166. The summed E-state index contributed by atoms with van der Waals surface area (Å²) in [5.74, 6) is -4.81. The highest BCUT2D eigenvalue weighted by molar-refractivity contribution is 5.96. The summed E-state index contributed by atoms with van der Waals surface area (Å²) in [5.41, 5.74) is -0.0361. The van der Waals surface area contributed by atoms with E-state index in [4.69, 9.17) is 4.74 Å². The first-order chi connectivity index (χ1) is 12.9. The monoisotopic (exact) mass is 378 g/mol. The highest BCUT2D eigenvalue weighted by Crippen LogP contribution is 2.19. The Labute approximate surface area is 153 Å². The molecule has 142 valence electrons. The van der Waals surface area contributed by atoms with Crippen LogP contribution in [-0.4, -0.2) is 54.9 Å². The number of piperazine rings is 1. The molecule has 0 N–H and O–H groups in total. The van der Waals surface area contributed by atoms with E-state index in [1.54, 1.807) is 29.2 Å². The van der Waals surface area contributed by atoms with Crippen LogP contribution in [0.15, 0.2) is 36.4 Å². The SMILES string of the molecule is COc1ccc(C(=O)N2CCN(C(=O)c3ccc(F)c(F)c3F)CC2)cc1. The molecule has 1 fully saturated rings. The molecule has 1 saturated heterocycles. The Hall–Kier alpha value is -3.03. The Balaban J connectivity index is 1.65. The zero-order valence-electron chi connectivity index (χ0n) is 14.5. The smallest absolute Gasteiger partial charge is 0.257 e. The van der Waals surface area contributed by atoms with E-state index >= 15 is 0 Å². The van der Waals surface area contributed by atoms with E-state index in [2.05, 4.69) is 0 Å². The van der Waals surface area contributed by atoms with Gasteiger partial charge in [-0.15, -0.1) is 0 Å². The number of nitrogens with zero attached hydrogens (tertiary/aromatic N) is 2. The molecule has 1 heterocycles. The van der Waals surface area contributed by atoms with Crippen LogP contribution in [0.3, 0.4) is 0 Å². The van der Waals surface area contributed by atoms with Gasteiger partial charge in [-0.3, -0.25) is 9.59 Å². The van der Waals surface area contributed by atoms with Crippen LogP contribution >= 0.6 is 0 Å². The van der Waals surface area contributed by atoms with E-state index in [0.29, 0.717) is 11.3 Å².